The van der Waals surface area contributed by atoms with Crippen molar-refractivity contribution in [3.8, 4) is 0 Å². The Morgan fingerprint density at radius 2 is 2.00 bits per heavy atom. The van der Waals surface area contributed by atoms with Crippen molar-refractivity contribution in [3.63, 3.8) is 0 Å². The molecular weight excluding hydrogens is 332 g/mol. The first-order valence-electron chi connectivity index (χ1n) is 8.15. The Morgan fingerprint density at radius 3 is 2.76 bits per heavy atom. The maximum atomic E-state index is 12.7. The van der Waals surface area contributed by atoms with Gasteiger partial charge in [-0.2, -0.15) is 0 Å². The molecule has 4 aromatic rings. The number of thiophene rings is 1. The van der Waals surface area contributed by atoms with Gasteiger partial charge in [-0.3, -0.25) is 4.79 Å². The van der Waals surface area contributed by atoms with Crippen LogP contribution in [-0.2, 0) is 13.1 Å². The van der Waals surface area contributed by atoms with Gasteiger partial charge in [-0.1, -0.05) is 30.3 Å². The van der Waals surface area contributed by atoms with E-state index in [1.165, 1.54) is 10.4 Å². The van der Waals surface area contributed by atoms with Crippen LogP contribution < -0.4 is 5.32 Å². The fourth-order valence-corrected chi connectivity index (χ4v) is 3.92. The van der Waals surface area contributed by atoms with E-state index < -0.39 is 0 Å². The third kappa shape index (κ3) is 3.23. The highest BCUT2D eigenvalue weighted by Gasteiger charge is 2.17. The fraction of sp³-hybridized carbons (Fsp3) is 0.150. The second-order valence-electron chi connectivity index (χ2n) is 5.97. The smallest absolute Gasteiger partial charge is 0.268 e. The van der Waals surface area contributed by atoms with E-state index in [0.717, 1.165) is 16.0 Å². The maximum Gasteiger partial charge on any atom is 0.268 e. The van der Waals surface area contributed by atoms with E-state index in [2.05, 4.69) is 35.0 Å². The molecule has 3 heterocycles. The Balaban J connectivity index is 1.66. The molecular formula is C20H18N2O2S. The van der Waals surface area contributed by atoms with Gasteiger partial charge in [0.15, 0.2) is 0 Å². The van der Waals surface area contributed by atoms with Gasteiger partial charge >= 0.3 is 0 Å². The lowest BCUT2D eigenvalue weighted by molar-refractivity contribution is 0.0939. The van der Waals surface area contributed by atoms with E-state index in [-0.39, 0.29) is 5.91 Å². The van der Waals surface area contributed by atoms with Gasteiger partial charge in [0.05, 0.1) is 23.0 Å². The van der Waals surface area contributed by atoms with E-state index in [9.17, 15) is 4.79 Å². The maximum absolute atomic E-state index is 12.7. The Morgan fingerprint density at radius 1 is 1.16 bits per heavy atom. The number of nitrogens with one attached hydrogen (secondary N) is 1. The van der Waals surface area contributed by atoms with Gasteiger partial charge in [-0.15, -0.1) is 11.3 Å². The van der Waals surface area contributed by atoms with Crippen LogP contribution in [0, 0.1) is 6.92 Å². The van der Waals surface area contributed by atoms with Crippen LogP contribution in [0.5, 0.6) is 0 Å². The topological polar surface area (TPSA) is 47.2 Å². The predicted octanol–water partition coefficient (Wildman–Crippen LogP) is 4.58. The monoisotopic (exact) mass is 350 g/mol. The number of amides is 1. The standard InChI is InChI=1S/C20H18N2O2S/c1-14-10-17-19(25-14)11-18(20(23)21-12-16-8-5-9-24-16)22(17)13-15-6-3-2-4-7-15/h2-11H,12-13H2,1H3,(H,21,23). The van der Waals surface area contributed by atoms with Gasteiger partial charge in [-0.25, -0.2) is 0 Å². The molecule has 0 fully saturated rings. The van der Waals surface area contributed by atoms with Crippen LogP contribution in [0.2, 0.25) is 0 Å². The van der Waals surface area contributed by atoms with Crippen LogP contribution in [0.3, 0.4) is 0 Å². The van der Waals surface area contributed by atoms with E-state index in [4.69, 9.17) is 4.42 Å². The molecule has 4 nitrogen and oxygen atoms in total. The number of hydrogen-bond donors (Lipinski definition) is 1. The van der Waals surface area contributed by atoms with Gasteiger partial charge < -0.3 is 14.3 Å². The third-order valence-corrected chi connectivity index (χ3v) is 5.12. The first-order valence-corrected chi connectivity index (χ1v) is 8.96. The van der Waals surface area contributed by atoms with Crippen molar-refractivity contribution >= 4 is 27.5 Å². The lowest BCUT2D eigenvalue weighted by atomic mass is 10.2. The molecule has 1 amide bonds. The molecule has 1 N–H and O–H groups in total. The number of furan rings is 1. The highest BCUT2D eigenvalue weighted by Crippen LogP contribution is 2.29. The average molecular weight is 350 g/mol. The summed E-state index contributed by atoms with van der Waals surface area (Å²) in [4.78, 5) is 14.0. The van der Waals surface area contributed by atoms with Crippen molar-refractivity contribution in [3.05, 3.63) is 82.8 Å². The minimum Gasteiger partial charge on any atom is -0.467 e. The summed E-state index contributed by atoms with van der Waals surface area (Å²) in [5.41, 5.74) is 2.95. The summed E-state index contributed by atoms with van der Waals surface area (Å²) in [5.74, 6) is 0.653. The molecule has 0 saturated carbocycles. The van der Waals surface area contributed by atoms with Crippen molar-refractivity contribution in [1.29, 1.82) is 0 Å². The fourth-order valence-electron chi connectivity index (χ4n) is 2.96. The summed E-state index contributed by atoms with van der Waals surface area (Å²) in [5, 5.41) is 2.94. The third-order valence-electron chi connectivity index (χ3n) is 4.13. The number of nitrogens with zero attached hydrogens (tertiary/aromatic N) is 1. The Kier molecular flexibility index (Phi) is 4.15. The van der Waals surface area contributed by atoms with Crippen molar-refractivity contribution in [2.45, 2.75) is 20.0 Å². The summed E-state index contributed by atoms with van der Waals surface area (Å²) in [7, 11) is 0. The summed E-state index contributed by atoms with van der Waals surface area (Å²) < 4.78 is 8.51. The Hall–Kier alpha value is -2.79. The van der Waals surface area contributed by atoms with Crippen molar-refractivity contribution in [2.75, 3.05) is 0 Å². The van der Waals surface area contributed by atoms with Gasteiger partial charge in [-0.05, 0) is 36.8 Å². The van der Waals surface area contributed by atoms with E-state index >= 15 is 0 Å². The molecule has 4 rings (SSSR count). The lowest BCUT2D eigenvalue weighted by Crippen LogP contribution is -2.25. The summed E-state index contributed by atoms with van der Waals surface area (Å²) in [6.07, 6.45) is 1.61. The largest absolute Gasteiger partial charge is 0.467 e. The zero-order valence-corrected chi connectivity index (χ0v) is 14.7. The second-order valence-corrected chi connectivity index (χ2v) is 7.26. The molecule has 0 bridgehead atoms. The molecule has 0 radical (unpaired) electrons. The molecule has 0 saturated heterocycles. The number of fused-ring (bicyclic) bond motifs is 1. The molecule has 3 aromatic heterocycles. The van der Waals surface area contributed by atoms with Crippen molar-refractivity contribution in [1.82, 2.24) is 9.88 Å². The number of rotatable bonds is 5. The quantitative estimate of drug-likeness (QED) is 0.572. The lowest BCUT2D eigenvalue weighted by Gasteiger charge is -2.10. The number of carbonyl (C=O) groups is 1. The van der Waals surface area contributed by atoms with Gasteiger partial charge in [0.25, 0.3) is 5.91 Å². The molecule has 25 heavy (non-hydrogen) atoms. The van der Waals surface area contributed by atoms with Crippen LogP contribution in [0.25, 0.3) is 10.2 Å². The van der Waals surface area contributed by atoms with Gasteiger partial charge in [0.2, 0.25) is 0 Å². The summed E-state index contributed by atoms with van der Waals surface area (Å²) in [6, 6.07) is 18.0. The first kappa shape index (κ1) is 15.7. The minimum atomic E-state index is -0.0895. The summed E-state index contributed by atoms with van der Waals surface area (Å²) in [6.45, 7) is 3.15. The molecule has 0 aliphatic carbocycles. The van der Waals surface area contributed by atoms with E-state index in [1.807, 2.05) is 36.4 Å². The average Bonchev–Trinajstić information content (AvgIpc) is 3.32. The van der Waals surface area contributed by atoms with Crippen LogP contribution in [-0.4, -0.2) is 10.5 Å². The number of aryl methyl sites for hydroxylation is 1. The number of benzene rings is 1. The second kappa shape index (κ2) is 6.61. The number of aromatic nitrogens is 1. The zero-order valence-electron chi connectivity index (χ0n) is 13.9. The molecule has 0 aliphatic rings. The molecule has 0 atom stereocenters. The van der Waals surface area contributed by atoms with Crippen LogP contribution in [0.4, 0.5) is 0 Å². The molecule has 0 aliphatic heterocycles. The molecule has 1 aromatic carbocycles. The van der Waals surface area contributed by atoms with Crippen LogP contribution >= 0.6 is 11.3 Å². The van der Waals surface area contributed by atoms with E-state index in [1.54, 1.807) is 17.6 Å². The van der Waals surface area contributed by atoms with Crippen molar-refractivity contribution < 1.29 is 9.21 Å². The molecule has 126 valence electrons. The number of carbonyl (C=O) groups excluding carboxylic acids is 1. The van der Waals surface area contributed by atoms with Crippen molar-refractivity contribution in [2.24, 2.45) is 0 Å². The minimum absolute atomic E-state index is 0.0895. The van der Waals surface area contributed by atoms with Crippen LogP contribution in [0.15, 0.2) is 65.3 Å². The number of hydrogen-bond acceptors (Lipinski definition) is 3. The normalized spacial score (nSPS) is 11.1. The van der Waals surface area contributed by atoms with E-state index in [0.29, 0.717) is 18.8 Å². The molecule has 5 heteroatoms. The van der Waals surface area contributed by atoms with Crippen LogP contribution in [0.1, 0.15) is 26.7 Å². The molecule has 0 unspecified atom stereocenters. The van der Waals surface area contributed by atoms with Gasteiger partial charge in [0, 0.05) is 11.4 Å². The highest BCUT2D eigenvalue weighted by molar-refractivity contribution is 7.19. The Bertz CT molecular complexity index is 997. The molecule has 0 spiro atoms. The highest BCUT2D eigenvalue weighted by atomic mass is 32.1. The Labute approximate surface area is 149 Å². The SMILES string of the molecule is Cc1cc2c(cc(C(=O)NCc3ccco3)n2Cc2ccccc2)s1. The van der Waals surface area contributed by atoms with Gasteiger partial charge in [0.1, 0.15) is 11.5 Å². The summed E-state index contributed by atoms with van der Waals surface area (Å²) >= 11 is 1.71. The first-order chi connectivity index (χ1) is 12.2. The zero-order chi connectivity index (χ0) is 17.2. The predicted molar refractivity (Wildman–Crippen MR) is 100.0 cm³/mol.